The molecular formula is C14H18N6O2. The topological polar surface area (TPSA) is 96.0 Å². The third-order valence-corrected chi connectivity index (χ3v) is 3.71. The fourth-order valence-corrected chi connectivity index (χ4v) is 2.51. The van der Waals surface area contributed by atoms with Crippen molar-refractivity contribution >= 4 is 11.7 Å². The van der Waals surface area contributed by atoms with Crippen LogP contribution in [0.2, 0.25) is 0 Å². The number of H-pyrrole nitrogens is 1. The zero-order valence-electron chi connectivity index (χ0n) is 12.3. The first-order valence-electron chi connectivity index (χ1n) is 7.16. The number of nitrogens with zero attached hydrogens (tertiary/aromatic N) is 4. The van der Waals surface area contributed by atoms with Gasteiger partial charge >= 0.3 is 0 Å². The normalized spacial score (nSPS) is 15.6. The van der Waals surface area contributed by atoms with Gasteiger partial charge < -0.3 is 19.9 Å². The number of anilines is 1. The summed E-state index contributed by atoms with van der Waals surface area (Å²) in [5.41, 5.74) is 0.534. The van der Waals surface area contributed by atoms with E-state index in [9.17, 15) is 4.79 Å². The van der Waals surface area contributed by atoms with Crippen LogP contribution in [0.1, 0.15) is 23.3 Å². The largest absolute Gasteiger partial charge is 0.481 e. The second kappa shape index (κ2) is 6.42. The third-order valence-electron chi connectivity index (χ3n) is 3.71. The average molecular weight is 302 g/mol. The predicted molar refractivity (Wildman–Crippen MR) is 79.7 cm³/mol. The molecule has 3 rings (SSSR count). The van der Waals surface area contributed by atoms with Crippen molar-refractivity contribution in [2.75, 3.05) is 25.5 Å². The average Bonchev–Trinajstić information content (AvgIpc) is 3.09. The molecule has 2 N–H and O–H groups in total. The second-order valence-corrected chi connectivity index (χ2v) is 5.12. The smallest absolute Gasteiger partial charge is 0.271 e. The molecule has 1 saturated heterocycles. The van der Waals surface area contributed by atoms with Crippen LogP contribution in [0.15, 0.2) is 24.9 Å². The molecule has 2 aromatic rings. The number of aromatic amines is 1. The lowest BCUT2D eigenvalue weighted by Gasteiger charge is -2.32. The Morgan fingerprint density at radius 3 is 2.91 bits per heavy atom. The van der Waals surface area contributed by atoms with Crippen molar-refractivity contribution in [3.05, 3.63) is 30.6 Å². The molecule has 0 aliphatic carbocycles. The molecule has 2 aromatic heterocycles. The third kappa shape index (κ3) is 3.16. The van der Waals surface area contributed by atoms with Gasteiger partial charge in [0, 0.05) is 25.2 Å². The molecule has 0 unspecified atom stereocenters. The highest BCUT2D eigenvalue weighted by Gasteiger charge is 2.24. The molecule has 0 aromatic carbocycles. The van der Waals surface area contributed by atoms with Gasteiger partial charge in [-0.3, -0.25) is 4.79 Å². The predicted octanol–water partition coefficient (Wildman–Crippen LogP) is 0.925. The van der Waals surface area contributed by atoms with E-state index in [1.165, 1.54) is 12.7 Å². The minimum atomic E-state index is -0.000319. The highest BCUT2D eigenvalue weighted by Crippen LogP contribution is 2.18. The summed E-state index contributed by atoms with van der Waals surface area (Å²) >= 11 is 0. The fraction of sp³-hybridized carbons (Fsp3) is 0.429. The number of carbonyl (C=O) groups excluding carboxylic acids is 1. The van der Waals surface area contributed by atoms with E-state index in [1.807, 2.05) is 4.90 Å². The second-order valence-electron chi connectivity index (χ2n) is 5.12. The molecule has 1 aliphatic heterocycles. The quantitative estimate of drug-likeness (QED) is 0.872. The van der Waals surface area contributed by atoms with Crippen LogP contribution >= 0.6 is 0 Å². The van der Waals surface area contributed by atoms with Crippen LogP contribution in [-0.4, -0.2) is 57.0 Å². The Bertz CT molecular complexity index is 622. The molecule has 0 saturated carbocycles. The van der Waals surface area contributed by atoms with Crippen molar-refractivity contribution in [2.24, 2.45) is 0 Å². The minimum Gasteiger partial charge on any atom is -0.481 e. The van der Waals surface area contributed by atoms with Crippen LogP contribution in [0, 0.1) is 0 Å². The molecular weight excluding hydrogens is 284 g/mol. The van der Waals surface area contributed by atoms with Gasteiger partial charge in [0.15, 0.2) is 0 Å². The number of likely N-dealkylation sites (tertiary alicyclic amines) is 1. The van der Waals surface area contributed by atoms with Gasteiger partial charge in [-0.25, -0.2) is 15.0 Å². The van der Waals surface area contributed by atoms with Crippen molar-refractivity contribution < 1.29 is 9.53 Å². The number of hydrogen-bond acceptors (Lipinski definition) is 6. The summed E-state index contributed by atoms with van der Waals surface area (Å²) in [6.45, 7) is 1.41. The first-order valence-corrected chi connectivity index (χ1v) is 7.16. The van der Waals surface area contributed by atoms with Crippen LogP contribution in [0.3, 0.4) is 0 Å². The zero-order chi connectivity index (χ0) is 15.4. The van der Waals surface area contributed by atoms with E-state index in [2.05, 4.69) is 25.3 Å². The van der Waals surface area contributed by atoms with Gasteiger partial charge in [-0.2, -0.15) is 0 Å². The van der Waals surface area contributed by atoms with Crippen molar-refractivity contribution in [1.29, 1.82) is 0 Å². The Hall–Kier alpha value is -2.64. The number of methoxy groups -OCH3 is 1. The highest BCUT2D eigenvalue weighted by molar-refractivity contribution is 5.92. The van der Waals surface area contributed by atoms with Crippen LogP contribution < -0.4 is 10.1 Å². The van der Waals surface area contributed by atoms with Crippen molar-refractivity contribution in [1.82, 2.24) is 24.8 Å². The number of imidazole rings is 1. The van der Waals surface area contributed by atoms with Crippen LogP contribution in [0.4, 0.5) is 5.82 Å². The van der Waals surface area contributed by atoms with E-state index < -0.39 is 0 Å². The van der Waals surface area contributed by atoms with Gasteiger partial charge in [0.05, 0.1) is 19.6 Å². The zero-order valence-corrected chi connectivity index (χ0v) is 12.3. The van der Waals surface area contributed by atoms with E-state index in [-0.39, 0.29) is 11.9 Å². The maximum absolute atomic E-state index is 12.2. The Morgan fingerprint density at radius 1 is 1.41 bits per heavy atom. The molecule has 8 nitrogen and oxygen atoms in total. The summed E-state index contributed by atoms with van der Waals surface area (Å²) in [6.07, 6.45) is 6.28. The molecule has 8 heteroatoms. The Kier molecular flexibility index (Phi) is 4.17. The standard InChI is InChI=1S/C14H18N6O2/c1-22-13-6-12(17-9-18-13)19-10-2-4-20(5-3-10)14(21)11-7-15-8-16-11/h6-10H,2-5H2,1H3,(H,15,16)(H,17,18,19). The van der Waals surface area contributed by atoms with Crippen molar-refractivity contribution in [3.63, 3.8) is 0 Å². The van der Waals surface area contributed by atoms with Gasteiger partial charge in [0.1, 0.15) is 17.8 Å². The number of carbonyl (C=O) groups is 1. The molecule has 1 fully saturated rings. The first-order chi connectivity index (χ1) is 10.8. The minimum absolute atomic E-state index is 0.000319. The van der Waals surface area contributed by atoms with Gasteiger partial charge in [-0.15, -0.1) is 0 Å². The van der Waals surface area contributed by atoms with E-state index in [0.717, 1.165) is 18.7 Å². The summed E-state index contributed by atoms with van der Waals surface area (Å²) in [7, 11) is 1.58. The lowest BCUT2D eigenvalue weighted by atomic mass is 10.0. The van der Waals surface area contributed by atoms with Crippen LogP contribution in [-0.2, 0) is 0 Å². The van der Waals surface area contributed by atoms with Crippen LogP contribution in [0.25, 0.3) is 0 Å². The first kappa shape index (κ1) is 14.3. The Morgan fingerprint density at radius 2 is 2.23 bits per heavy atom. The number of piperidine rings is 1. The van der Waals surface area contributed by atoms with E-state index in [0.29, 0.717) is 24.7 Å². The summed E-state index contributed by atoms with van der Waals surface area (Å²) in [4.78, 5) is 28.9. The van der Waals surface area contributed by atoms with Crippen molar-refractivity contribution in [2.45, 2.75) is 18.9 Å². The van der Waals surface area contributed by atoms with Gasteiger partial charge in [-0.05, 0) is 12.8 Å². The fourth-order valence-electron chi connectivity index (χ4n) is 2.51. The number of ether oxygens (including phenoxy) is 1. The molecule has 0 spiro atoms. The lowest BCUT2D eigenvalue weighted by molar-refractivity contribution is 0.0713. The van der Waals surface area contributed by atoms with Crippen LogP contribution in [0.5, 0.6) is 5.88 Å². The molecule has 0 bridgehead atoms. The van der Waals surface area contributed by atoms with E-state index >= 15 is 0 Å². The van der Waals surface area contributed by atoms with Gasteiger partial charge in [0.2, 0.25) is 5.88 Å². The monoisotopic (exact) mass is 302 g/mol. The molecule has 22 heavy (non-hydrogen) atoms. The number of hydrogen-bond donors (Lipinski definition) is 2. The van der Waals surface area contributed by atoms with E-state index in [4.69, 9.17) is 4.74 Å². The maximum atomic E-state index is 12.2. The van der Waals surface area contributed by atoms with Crippen molar-refractivity contribution in [3.8, 4) is 5.88 Å². The van der Waals surface area contributed by atoms with Gasteiger partial charge in [-0.1, -0.05) is 0 Å². The van der Waals surface area contributed by atoms with Gasteiger partial charge in [0.25, 0.3) is 5.91 Å². The molecule has 116 valence electrons. The summed E-state index contributed by atoms with van der Waals surface area (Å²) in [6, 6.07) is 2.05. The molecule has 0 atom stereocenters. The lowest BCUT2D eigenvalue weighted by Crippen LogP contribution is -2.42. The number of amides is 1. The molecule has 1 aliphatic rings. The Balaban J connectivity index is 1.54. The summed E-state index contributed by atoms with van der Waals surface area (Å²) < 4.78 is 5.08. The number of nitrogens with one attached hydrogen (secondary N) is 2. The summed E-state index contributed by atoms with van der Waals surface area (Å²) in [5.74, 6) is 1.27. The Labute approximate surface area is 127 Å². The maximum Gasteiger partial charge on any atom is 0.271 e. The molecule has 3 heterocycles. The van der Waals surface area contributed by atoms with E-state index in [1.54, 1.807) is 19.4 Å². The summed E-state index contributed by atoms with van der Waals surface area (Å²) in [5, 5.41) is 3.36. The number of rotatable bonds is 4. The highest BCUT2D eigenvalue weighted by atomic mass is 16.5. The number of aromatic nitrogens is 4. The molecule has 1 amide bonds. The SMILES string of the molecule is COc1cc(NC2CCN(C(=O)c3cnc[nH]3)CC2)ncn1. The molecule has 0 radical (unpaired) electrons.